The number of rotatable bonds is 3. The van der Waals surface area contributed by atoms with Gasteiger partial charge in [0.1, 0.15) is 12.2 Å². The van der Waals surface area contributed by atoms with E-state index in [0.717, 1.165) is 0 Å². The summed E-state index contributed by atoms with van der Waals surface area (Å²) in [6.07, 6.45) is -1.24. The standard InChI is InChI=1S/C9H16O5/c1-5(11)8(13)7(2,3)9(8,14)6(12)4-10/h5,10-11,13-14H,4H2,1-3H3/t5-,8+,9+/m1/s1. The Hall–Kier alpha value is -0.490. The zero-order valence-electron chi connectivity index (χ0n) is 8.48. The van der Waals surface area contributed by atoms with Crippen LogP contribution < -0.4 is 0 Å². The number of carbonyl (C=O) groups is 1. The van der Waals surface area contributed by atoms with Gasteiger partial charge in [-0.25, -0.2) is 0 Å². The molecule has 1 aliphatic rings. The van der Waals surface area contributed by atoms with E-state index in [0.29, 0.717) is 0 Å². The van der Waals surface area contributed by atoms with E-state index in [9.17, 15) is 20.1 Å². The average Bonchev–Trinajstić information content (AvgIpc) is 2.46. The largest absolute Gasteiger partial charge is 0.390 e. The highest BCUT2D eigenvalue weighted by Crippen LogP contribution is 2.66. The maximum Gasteiger partial charge on any atom is 0.193 e. The van der Waals surface area contributed by atoms with Gasteiger partial charge in [0.2, 0.25) is 0 Å². The van der Waals surface area contributed by atoms with Gasteiger partial charge in [0.05, 0.1) is 6.10 Å². The van der Waals surface area contributed by atoms with Gasteiger partial charge in [0.25, 0.3) is 0 Å². The lowest BCUT2D eigenvalue weighted by molar-refractivity contribution is -0.141. The van der Waals surface area contributed by atoms with Crippen molar-refractivity contribution in [2.75, 3.05) is 6.61 Å². The Bertz CT molecular complexity index is 272. The van der Waals surface area contributed by atoms with Crippen LogP contribution in [-0.2, 0) is 4.79 Å². The smallest absolute Gasteiger partial charge is 0.193 e. The first-order chi connectivity index (χ1) is 6.17. The molecular weight excluding hydrogens is 188 g/mol. The Morgan fingerprint density at radius 2 is 1.79 bits per heavy atom. The first-order valence-corrected chi connectivity index (χ1v) is 4.45. The highest BCUT2D eigenvalue weighted by atomic mass is 16.4. The van der Waals surface area contributed by atoms with Crippen LogP contribution in [0.5, 0.6) is 0 Å². The lowest BCUT2D eigenvalue weighted by Gasteiger charge is -2.17. The fraction of sp³-hybridized carbons (Fsp3) is 0.889. The quantitative estimate of drug-likeness (QED) is 0.445. The molecule has 1 saturated carbocycles. The van der Waals surface area contributed by atoms with Crippen LogP contribution in [0.2, 0.25) is 0 Å². The monoisotopic (exact) mass is 204 g/mol. The Labute approximate surface area is 82.0 Å². The molecule has 0 aromatic rings. The number of aliphatic hydroxyl groups excluding tert-OH is 2. The highest BCUT2D eigenvalue weighted by molar-refractivity contribution is 5.95. The first kappa shape index (κ1) is 11.6. The van der Waals surface area contributed by atoms with Crippen LogP contribution in [0.25, 0.3) is 0 Å². The van der Waals surface area contributed by atoms with Gasteiger partial charge in [-0.1, -0.05) is 13.8 Å². The fourth-order valence-electron chi connectivity index (χ4n) is 2.36. The van der Waals surface area contributed by atoms with Crippen molar-refractivity contribution in [2.24, 2.45) is 5.41 Å². The van der Waals surface area contributed by atoms with Crippen LogP contribution in [0, 0.1) is 5.41 Å². The molecule has 1 aliphatic carbocycles. The third-order valence-electron chi connectivity index (χ3n) is 3.50. The summed E-state index contributed by atoms with van der Waals surface area (Å²) >= 11 is 0. The Morgan fingerprint density at radius 3 is 2.00 bits per heavy atom. The minimum Gasteiger partial charge on any atom is -0.390 e. The summed E-state index contributed by atoms with van der Waals surface area (Å²) in [6, 6.07) is 0. The van der Waals surface area contributed by atoms with Gasteiger partial charge < -0.3 is 20.4 Å². The third-order valence-corrected chi connectivity index (χ3v) is 3.50. The molecule has 82 valence electrons. The Morgan fingerprint density at radius 1 is 1.36 bits per heavy atom. The van der Waals surface area contributed by atoms with E-state index in [4.69, 9.17) is 5.11 Å². The molecule has 4 N–H and O–H groups in total. The number of ketones is 1. The maximum absolute atomic E-state index is 11.3. The average molecular weight is 204 g/mol. The molecule has 1 fully saturated rings. The van der Waals surface area contributed by atoms with Crippen molar-refractivity contribution in [1.82, 2.24) is 0 Å². The molecule has 14 heavy (non-hydrogen) atoms. The molecule has 0 bridgehead atoms. The van der Waals surface area contributed by atoms with E-state index in [1.54, 1.807) is 0 Å². The Balaban J connectivity index is 3.11. The second-order valence-corrected chi connectivity index (χ2v) is 4.36. The van der Waals surface area contributed by atoms with Gasteiger partial charge in [-0.3, -0.25) is 4.79 Å². The lowest BCUT2D eigenvalue weighted by atomic mass is 10.0. The van der Waals surface area contributed by atoms with Crippen molar-refractivity contribution in [2.45, 2.75) is 38.1 Å². The number of hydrogen-bond acceptors (Lipinski definition) is 5. The van der Waals surface area contributed by atoms with E-state index in [2.05, 4.69) is 0 Å². The summed E-state index contributed by atoms with van der Waals surface area (Å²) in [6.45, 7) is 3.37. The molecule has 0 aromatic carbocycles. The van der Waals surface area contributed by atoms with Crippen molar-refractivity contribution < 1.29 is 25.2 Å². The SMILES string of the molecule is C[C@@H](O)[C@]1(O)C(C)(C)[C@@]1(O)C(=O)CO. The molecule has 0 unspecified atom stereocenters. The lowest BCUT2D eigenvalue weighted by Crippen LogP contribution is -2.42. The van der Waals surface area contributed by atoms with Crippen LogP contribution in [-0.4, -0.2) is 50.1 Å². The van der Waals surface area contributed by atoms with Crippen molar-refractivity contribution in [3.8, 4) is 0 Å². The van der Waals surface area contributed by atoms with Gasteiger partial charge in [-0.15, -0.1) is 0 Å². The van der Waals surface area contributed by atoms with Gasteiger partial charge >= 0.3 is 0 Å². The molecule has 0 radical (unpaired) electrons. The topological polar surface area (TPSA) is 98.0 Å². The second kappa shape index (κ2) is 2.76. The molecule has 3 atom stereocenters. The van der Waals surface area contributed by atoms with E-state index in [1.165, 1.54) is 20.8 Å². The van der Waals surface area contributed by atoms with Crippen molar-refractivity contribution >= 4 is 5.78 Å². The van der Waals surface area contributed by atoms with Gasteiger partial charge in [-0.05, 0) is 6.92 Å². The van der Waals surface area contributed by atoms with Gasteiger partial charge in [0, 0.05) is 5.41 Å². The molecule has 0 aromatic heterocycles. The zero-order valence-corrected chi connectivity index (χ0v) is 8.48. The van der Waals surface area contributed by atoms with E-state index in [1.807, 2.05) is 0 Å². The number of Topliss-reactive ketones (excluding diaryl/α,β-unsaturated/α-hetero) is 1. The minimum atomic E-state index is -2.05. The summed E-state index contributed by atoms with van der Waals surface area (Å²) < 4.78 is 0. The predicted molar refractivity (Wildman–Crippen MR) is 47.5 cm³/mol. The van der Waals surface area contributed by atoms with Crippen molar-refractivity contribution in [1.29, 1.82) is 0 Å². The summed E-state index contributed by atoms with van der Waals surface area (Å²) in [5.74, 6) is -0.870. The normalized spacial score (nSPS) is 41.9. The summed E-state index contributed by atoms with van der Waals surface area (Å²) in [4.78, 5) is 11.3. The van der Waals surface area contributed by atoms with E-state index >= 15 is 0 Å². The molecule has 0 heterocycles. The van der Waals surface area contributed by atoms with Crippen molar-refractivity contribution in [3.05, 3.63) is 0 Å². The number of hydrogen-bond donors (Lipinski definition) is 4. The maximum atomic E-state index is 11.3. The highest BCUT2D eigenvalue weighted by Gasteiger charge is 2.87. The van der Waals surface area contributed by atoms with Crippen LogP contribution in [0.3, 0.4) is 0 Å². The minimum absolute atomic E-state index is 0.852. The molecule has 0 spiro atoms. The van der Waals surface area contributed by atoms with E-state index in [-0.39, 0.29) is 0 Å². The van der Waals surface area contributed by atoms with Gasteiger partial charge in [-0.2, -0.15) is 0 Å². The predicted octanol–water partition coefficient (Wildman–Crippen LogP) is -1.57. The molecular formula is C9H16O5. The van der Waals surface area contributed by atoms with Crippen LogP contribution >= 0.6 is 0 Å². The zero-order chi connectivity index (χ0) is 11.4. The molecule has 1 rings (SSSR count). The van der Waals surface area contributed by atoms with E-state index < -0.39 is 35.1 Å². The Kier molecular flexibility index (Phi) is 2.28. The molecule has 5 heteroatoms. The number of carbonyl (C=O) groups excluding carboxylic acids is 1. The molecule has 0 saturated heterocycles. The first-order valence-electron chi connectivity index (χ1n) is 4.45. The van der Waals surface area contributed by atoms with Crippen LogP contribution in [0.1, 0.15) is 20.8 Å². The third kappa shape index (κ3) is 0.857. The molecule has 5 nitrogen and oxygen atoms in total. The molecule has 0 aliphatic heterocycles. The summed E-state index contributed by atoms with van der Waals surface area (Å²) in [5, 5.41) is 37.8. The van der Waals surface area contributed by atoms with Crippen LogP contribution in [0.4, 0.5) is 0 Å². The fourth-order valence-corrected chi connectivity index (χ4v) is 2.36. The molecule has 0 amide bonds. The summed E-state index contributed by atoms with van der Waals surface area (Å²) in [5.41, 5.74) is -5.07. The van der Waals surface area contributed by atoms with Crippen molar-refractivity contribution in [3.63, 3.8) is 0 Å². The van der Waals surface area contributed by atoms with Gasteiger partial charge in [0.15, 0.2) is 11.4 Å². The second-order valence-electron chi connectivity index (χ2n) is 4.36. The number of aliphatic hydroxyl groups is 4. The summed E-state index contributed by atoms with van der Waals surface area (Å²) in [7, 11) is 0. The van der Waals surface area contributed by atoms with Crippen LogP contribution in [0.15, 0.2) is 0 Å².